The smallest absolute Gasteiger partial charge is 0.187 e. The van der Waals surface area contributed by atoms with Crippen molar-refractivity contribution in [2.45, 2.75) is 13.8 Å². The van der Waals surface area contributed by atoms with Crippen molar-refractivity contribution in [1.82, 2.24) is 9.72 Å². The number of phenols is 1. The Hall–Kier alpha value is -3.68. The van der Waals surface area contributed by atoms with Gasteiger partial charge in [-0.15, -0.1) is 0 Å². The minimum atomic E-state index is -1.09. The van der Waals surface area contributed by atoms with Gasteiger partial charge in [0.05, 0.1) is 34.4 Å². The number of aromatic hydroxyl groups is 1. The Bertz CT molecular complexity index is 1200. The molecular formula is C20H15F2N3O3. The van der Waals surface area contributed by atoms with E-state index < -0.39 is 17.4 Å². The summed E-state index contributed by atoms with van der Waals surface area (Å²) in [4.78, 5) is 0. The van der Waals surface area contributed by atoms with E-state index in [0.29, 0.717) is 39.2 Å². The van der Waals surface area contributed by atoms with Crippen LogP contribution in [0.1, 0.15) is 17.0 Å². The summed E-state index contributed by atoms with van der Waals surface area (Å²) in [7, 11) is 0. The zero-order valence-electron chi connectivity index (χ0n) is 14.9. The van der Waals surface area contributed by atoms with E-state index in [1.165, 1.54) is 6.21 Å². The second-order valence-electron chi connectivity index (χ2n) is 6.32. The van der Waals surface area contributed by atoms with E-state index >= 15 is 0 Å². The fourth-order valence-electron chi connectivity index (χ4n) is 3.47. The Labute approximate surface area is 157 Å². The van der Waals surface area contributed by atoms with E-state index in [-0.39, 0.29) is 5.69 Å². The predicted octanol–water partition coefficient (Wildman–Crippen LogP) is 4.69. The number of hydrogen-bond acceptors (Lipinski definition) is 5. The van der Waals surface area contributed by atoms with Crippen LogP contribution in [0.5, 0.6) is 5.75 Å². The van der Waals surface area contributed by atoms with Crippen LogP contribution >= 0.6 is 0 Å². The van der Waals surface area contributed by atoms with Crippen molar-refractivity contribution in [3.8, 4) is 22.7 Å². The Morgan fingerprint density at radius 3 is 2.43 bits per heavy atom. The first-order valence-electron chi connectivity index (χ1n) is 8.36. The number of para-hydroxylation sites is 1. The van der Waals surface area contributed by atoms with Gasteiger partial charge in [-0.1, -0.05) is 28.5 Å². The van der Waals surface area contributed by atoms with Gasteiger partial charge in [0.1, 0.15) is 5.76 Å². The van der Waals surface area contributed by atoms with Crippen molar-refractivity contribution in [2.75, 3.05) is 0 Å². The molecule has 0 aliphatic rings. The van der Waals surface area contributed by atoms with Gasteiger partial charge >= 0.3 is 0 Å². The van der Waals surface area contributed by atoms with Gasteiger partial charge in [-0.25, -0.2) is 8.78 Å². The molecule has 2 aromatic heterocycles. The number of aryl methyl sites for hydroxylation is 2. The zero-order chi connectivity index (χ0) is 20.0. The molecule has 2 heterocycles. The van der Waals surface area contributed by atoms with Crippen molar-refractivity contribution in [2.24, 2.45) is 5.16 Å². The number of phenolic OH excluding ortho intramolecular Hbond substituents is 1. The summed E-state index contributed by atoms with van der Waals surface area (Å²) in [6.45, 7) is 3.46. The standard InChI is InChI=1S/C20H15F2N3O3/c1-10-18(11(2)28-24-10)19-14(9-23-27)13-5-3-4-6-17(13)25(19)12-7-15(21)20(26)16(22)8-12/h3-9,26-27H,1-2H3. The average molecular weight is 383 g/mol. The Kier molecular flexibility index (Phi) is 4.11. The topological polar surface area (TPSA) is 83.8 Å². The van der Waals surface area contributed by atoms with Crippen LogP contribution in [0.2, 0.25) is 0 Å². The third kappa shape index (κ3) is 2.53. The highest BCUT2D eigenvalue weighted by Crippen LogP contribution is 2.39. The highest BCUT2D eigenvalue weighted by atomic mass is 19.1. The van der Waals surface area contributed by atoms with Gasteiger partial charge in [-0.2, -0.15) is 0 Å². The number of halogens is 2. The summed E-state index contributed by atoms with van der Waals surface area (Å²) in [5.41, 5.74) is 2.98. The van der Waals surface area contributed by atoms with Crippen molar-refractivity contribution in [3.05, 3.63) is 65.1 Å². The first-order chi connectivity index (χ1) is 13.4. The Morgan fingerprint density at radius 2 is 1.82 bits per heavy atom. The average Bonchev–Trinajstić information content (AvgIpc) is 3.16. The first-order valence-corrected chi connectivity index (χ1v) is 8.36. The van der Waals surface area contributed by atoms with E-state index in [0.717, 1.165) is 12.1 Å². The van der Waals surface area contributed by atoms with Gasteiger partial charge < -0.3 is 19.4 Å². The largest absolute Gasteiger partial charge is 0.503 e. The molecular weight excluding hydrogens is 368 g/mol. The maximum atomic E-state index is 14.1. The van der Waals surface area contributed by atoms with Gasteiger partial charge in [0.2, 0.25) is 0 Å². The lowest BCUT2D eigenvalue weighted by molar-refractivity contribution is 0.322. The van der Waals surface area contributed by atoms with E-state index in [4.69, 9.17) is 4.52 Å². The van der Waals surface area contributed by atoms with Crippen LogP contribution in [0.4, 0.5) is 8.78 Å². The monoisotopic (exact) mass is 383 g/mol. The second kappa shape index (κ2) is 6.49. The van der Waals surface area contributed by atoms with Crippen LogP contribution in [0.25, 0.3) is 27.8 Å². The van der Waals surface area contributed by atoms with E-state index in [1.807, 2.05) is 0 Å². The Morgan fingerprint density at radius 1 is 1.14 bits per heavy atom. The van der Waals surface area contributed by atoms with Crippen molar-refractivity contribution < 1.29 is 23.6 Å². The number of benzene rings is 2. The highest BCUT2D eigenvalue weighted by molar-refractivity contribution is 6.07. The molecule has 0 bridgehead atoms. The molecule has 0 spiro atoms. The molecule has 0 fully saturated rings. The van der Waals surface area contributed by atoms with Gasteiger partial charge in [-0.3, -0.25) is 0 Å². The predicted molar refractivity (Wildman–Crippen MR) is 99.2 cm³/mol. The van der Waals surface area contributed by atoms with Gasteiger partial charge in [-0.05, 0) is 19.9 Å². The summed E-state index contributed by atoms with van der Waals surface area (Å²) in [6.07, 6.45) is 1.26. The summed E-state index contributed by atoms with van der Waals surface area (Å²) in [6, 6.07) is 9.23. The number of fused-ring (bicyclic) bond motifs is 1. The minimum Gasteiger partial charge on any atom is -0.503 e. The maximum absolute atomic E-state index is 14.1. The molecule has 4 rings (SSSR count). The summed E-state index contributed by atoms with van der Waals surface area (Å²) >= 11 is 0. The van der Waals surface area contributed by atoms with E-state index in [1.54, 1.807) is 42.7 Å². The van der Waals surface area contributed by atoms with Crippen LogP contribution in [0, 0.1) is 25.5 Å². The van der Waals surface area contributed by atoms with Crippen LogP contribution in [0.3, 0.4) is 0 Å². The van der Waals surface area contributed by atoms with E-state index in [2.05, 4.69) is 10.3 Å². The van der Waals surface area contributed by atoms with Crippen molar-refractivity contribution >= 4 is 17.1 Å². The molecule has 0 unspecified atom stereocenters. The summed E-state index contributed by atoms with van der Waals surface area (Å²) < 4.78 is 35.1. The van der Waals surface area contributed by atoms with E-state index in [9.17, 15) is 19.1 Å². The van der Waals surface area contributed by atoms with Crippen LogP contribution in [-0.2, 0) is 0 Å². The summed E-state index contributed by atoms with van der Waals surface area (Å²) in [5.74, 6) is -2.73. The molecule has 0 aliphatic carbocycles. The van der Waals surface area contributed by atoms with Crippen LogP contribution in [0.15, 0.2) is 46.1 Å². The number of hydrogen-bond donors (Lipinski definition) is 2. The Balaban J connectivity index is 2.21. The van der Waals surface area contributed by atoms with Crippen molar-refractivity contribution in [3.63, 3.8) is 0 Å². The fourth-order valence-corrected chi connectivity index (χ4v) is 3.47. The maximum Gasteiger partial charge on any atom is 0.187 e. The lowest BCUT2D eigenvalue weighted by Crippen LogP contribution is -2.01. The lowest BCUT2D eigenvalue weighted by Gasteiger charge is -2.13. The summed E-state index contributed by atoms with van der Waals surface area (Å²) in [5, 5.41) is 26.5. The number of oxime groups is 1. The number of rotatable bonds is 3. The molecule has 0 saturated heterocycles. The van der Waals surface area contributed by atoms with Crippen LogP contribution in [-0.4, -0.2) is 26.3 Å². The molecule has 0 radical (unpaired) electrons. The molecule has 2 N–H and O–H groups in total. The normalized spacial score (nSPS) is 11.7. The van der Waals surface area contributed by atoms with Crippen molar-refractivity contribution in [1.29, 1.82) is 0 Å². The SMILES string of the molecule is Cc1noc(C)c1-c1c(C=NO)c2ccccc2n1-c1cc(F)c(O)c(F)c1. The zero-order valence-corrected chi connectivity index (χ0v) is 14.9. The van der Waals surface area contributed by atoms with Gasteiger partial charge in [0, 0.05) is 23.1 Å². The molecule has 6 nitrogen and oxygen atoms in total. The molecule has 142 valence electrons. The highest BCUT2D eigenvalue weighted by Gasteiger charge is 2.25. The fraction of sp³-hybridized carbons (Fsp3) is 0.100. The first kappa shape index (κ1) is 17.7. The van der Waals surface area contributed by atoms with Crippen LogP contribution < -0.4 is 0 Å². The minimum absolute atomic E-state index is 0.150. The number of aromatic nitrogens is 2. The molecule has 8 heteroatoms. The van der Waals surface area contributed by atoms with Gasteiger partial charge in [0.15, 0.2) is 17.4 Å². The molecule has 0 aliphatic heterocycles. The molecule has 0 saturated carbocycles. The second-order valence-corrected chi connectivity index (χ2v) is 6.32. The third-order valence-corrected chi connectivity index (χ3v) is 4.63. The molecule has 4 aromatic rings. The lowest BCUT2D eigenvalue weighted by atomic mass is 10.0. The quantitative estimate of drug-likeness (QED) is 0.305. The third-order valence-electron chi connectivity index (χ3n) is 4.63. The van der Waals surface area contributed by atoms with Gasteiger partial charge in [0.25, 0.3) is 0 Å². The molecule has 0 amide bonds. The number of nitrogens with zero attached hydrogens (tertiary/aromatic N) is 3. The molecule has 28 heavy (non-hydrogen) atoms. The molecule has 2 aromatic carbocycles. The molecule has 0 atom stereocenters.